The first-order valence-electron chi connectivity index (χ1n) is 6.14. The van der Waals surface area contributed by atoms with Crippen molar-refractivity contribution >= 4 is 13.6 Å². The quantitative estimate of drug-likeness (QED) is 0.388. The molecule has 0 aliphatic rings. The van der Waals surface area contributed by atoms with Gasteiger partial charge in [0.25, 0.3) is 0 Å². The van der Waals surface area contributed by atoms with E-state index >= 15 is 0 Å². The highest BCUT2D eigenvalue weighted by Gasteiger charge is 2.33. The van der Waals surface area contributed by atoms with Gasteiger partial charge in [-0.3, -0.25) is 4.57 Å². The van der Waals surface area contributed by atoms with Crippen LogP contribution >= 0.6 is 7.60 Å². The second kappa shape index (κ2) is 8.46. The third kappa shape index (κ3) is 5.34. The maximum atomic E-state index is 12.5. The summed E-state index contributed by atoms with van der Waals surface area (Å²) in [6.45, 7) is 9.58. The fourth-order valence-corrected chi connectivity index (χ4v) is 3.18. The number of carbonyl (C=O) groups excluding carboxylic acids is 1. The molecule has 0 amide bonds. The smallest absolute Gasteiger partial charge is 0.337 e. The van der Waals surface area contributed by atoms with E-state index in [0.29, 0.717) is 25.4 Å². The molecular weight excluding hydrogens is 255 g/mol. The van der Waals surface area contributed by atoms with E-state index in [9.17, 15) is 9.36 Å². The number of hydrogen-bond acceptors (Lipinski definition) is 5. The third-order valence-corrected chi connectivity index (χ3v) is 4.98. The lowest BCUT2D eigenvalue weighted by molar-refractivity contribution is -0.137. The van der Waals surface area contributed by atoms with E-state index in [1.807, 2.05) is 0 Å². The minimum Gasteiger partial charge on any atom is -0.463 e. The fraction of sp³-hybridized carbons (Fsp3) is 0.750. The van der Waals surface area contributed by atoms with Crippen molar-refractivity contribution in [3.8, 4) is 0 Å². The largest absolute Gasteiger partial charge is 0.463 e. The Morgan fingerprint density at radius 2 is 1.67 bits per heavy atom. The maximum absolute atomic E-state index is 12.5. The first-order valence-corrected chi connectivity index (χ1v) is 7.76. The van der Waals surface area contributed by atoms with Crippen molar-refractivity contribution in [3.05, 3.63) is 11.6 Å². The zero-order valence-electron chi connectivity index (χ0n) is 11.8. The predicted octanol–water partition coefficient (Wildman–Crippen LogP) is 3.15. The number of hydrogen-bond donors (Lipinski definition) is 0. The van der Waals surface area contributed by atoms with Gasteiger partial charge in [0.1, 0.15) is 0 Å². The number of esters is 1. The average Bonchev–Trinajstić information content (AvgIpc) is 2.28. The Bertz CT molecular complexity index is 327. The van der Waals surface area contributed by atoms with Gasteiger partial charge in [0.05, 0.1) is 25.5 Å². The summed E-state index contributed by atoms with van der Waals surface area (Å²) in [7, 11) is -3.22. The molecule has 18 heavy (non-hydrogen) atoms. The third-order valence-electron chi connectivity index (χ3n) is 2.38. The molecule has 0 rings (SSSR count). The summed E-state index contributed by atoms with van der Waals surface area (Å²) in [5.41, 5.74) is 0.153. The van der Waals surface area contributed by atoms with Crippen LogP contribution in [0.15, 0.2) is 11.6 Å². The topological polar surface area (TPSA) is 61.8 Å². The van der Waals surface area contributed by atoms with Crippen LogP contribution in [-0.2, 0) is 23.1 Å². The van der Waals surface area contributed by atoms with Crippen molar-refractivity contribution in [1.82, 2.24) is 0 Å². The molecule has 0 heterocycles. The van der Waals surface area contributed by atoms with Gasteiger partial charge < -0.3 is 13.8 Å². The molecule has 0 aromatic rings. The molecule has 1 atom stereocenters. The standard InChI is InChI=1S/C12H23O5P/c1-6-15-12(13)9-10(4)11(5)18(14,16-7-2)17-8-3/h9,11H,6-8H2,1-5H3/b10-9+/t11-/m1/s1. The van der Waals surface area contributed by atoms with E-state index < -0.39 is 19.2 Å². The normalized spacial score (nSPS) is 14.4. The van der Waals surface area contributed by atoms with Crippen LogP contribution in [0.5, 0.6) is 0 Å². The van der Waals surface area contributed by atoms with Gasteiger partial charge in [0.15, 0.2) is 0 Å². The molecule has 0 aromatic carbocycles. The molecular formula is C12H23O5P. The van der Waals surface area contributed by atoms with Crippen LogP contribution in [0.1, 0.15) is 34.6 Å². The van der Waals surface area contributed by atoms with Gasteiger partial charge in [0, 0.05) is 6.08 Å². The SMILES string of the molecule is CCOC(=O)/C=C(\C)[C@@H](C)P(=O)(OCC)OCC. The maximum Gasteiger partial charge on any atom is 0.337 e. The fourth-order valence-electron chi connectivity index (χ4n) is 1.36. The highest BCUT2D eigenvalue weighted by molar-refractivity contribution is 7.54. The van der Waals surface area contributed by atoms with Gasteiger partial charge in [-0.25, -0.2) is 4.79 Å². The Morgan fingerprint density at radius 3 is 2.06 bits per heavy atom. The molecule has 0 N–H and O–H groups in total. The summed E-state index contributed by atoms with van der Waals surface area (Å²) in [6.07, 6.45) is 1.33. The second-order valence-corrected chi connectivity index (χ2v) is 6.06. The zero-order chi connectivity index (χ0) is 14.2. The molecule has 0 saturated heterocycles. The molecule has 0 radical (unpaired) electrons. The van der Waals surface area contributed by atoms with Crippen LogP contribution in [0.2, 0.25) is 0 Å². The Hall–Kier alpha value is -0.640. The molecule has 106 valence electrons. The van der Waals surface area contributed by atoms with Gasteiger partial charge in [-0.15, -0.1) is 0 Å². The van der Waals surface area contributed by atoms with Gasteiger partial charge in [0.2, 0.25) is 0 Å². The minimum atomic E-state index is -3.22. The number of rotatable bonds is 8. The summed E-state index contributed by atoms with van der Waals surface area (Å²) in [5.74, 6) is -0.443. The molecule has 0 unspecified atom stereocenters. The number of ether oxygens (including phenoxy) is 1. The van der Waals surface area contributed by atoms with Gasteiger partial charge in [-0.2, -0.15) is 0 Å². The molecule has 0 aliphatic heterocycles. The van der Waals surface area contributed by atoms with Crippen molar-refractivity contribution in [2.45, 2.75) is 40.3 Å². The summed E-state index contributed by atoms with van der Waals surface area (Å²) in [5, 5.41) is 0. The van der Waals surface area contributed by atoms with Crippen molar-refractivity contribution in [2.24, 2.45) is 0 Å². The van der Waals surface area contributed by atoms with Crippen LogP contribution < -0.4 is 0 Å². The van der Waals surface area contributed by atoms with Crippen LogP contribution in [0.25, 0.3) is 0 Å². The molecule has 5 nitrogen and oxygen atoms in total. The highest BCUT2D eigenvalue weighted by atomic mass is 31.2. The summed E-state index contributed by atoms with van der Waals surface area (Å²) in [4.78, 5) is 11.3. The zero-order valence-corrected chi connectivity index (χ0v) is 12.7. The van der Waals surface area contributed by atoms with Gasteiger partial charge in [-0.05, 0) is 34.6 Å². The Kier molecular flexibility index (Phi) is 8.16. The summed E-state index contributed by atoms with van der Waals surface area (Å²) in [6, 6.07) is 0. The molecule has 0 saturated carbocycles. The lowest BCUT2D eigenvalue weighted by Crippen LogP contribution is -2.13. The van der Waals surface area contributed by atoms with Crippen LogP contribution in [0.4, 0.5) is 0 Å². The molecule has 6 heteroatoms. The average molecular weight is 278 g/mol. The van der Waals surface area contributed by atoms with Crippen molar-refractivity contribution in [2.75, 3.05) is 19.8 Å². The molecule has 0 fully saturated rings. The number of carbonyl (C=O) groups is 1. The Labute approximate surface area is 109 Å². The van der Waals surface area contributed by atoms with E-state index in [1.54, 1.807) is 34.6 Å². The van der Waals surface area contributed by atoms with Crippen LogP contribution in [0.3, 0.4) is 0 Å². The van der Waals surface area contributed by atoms with Crippen LogP contribution in [-0.4, -0.2) is 31.4 Å². The monoisotopic (exact) mass is 278 g/mol. The Balaban J connectivity index is 4.91. The first-order chi connectivity index (χ1) is 8.41. The summed E-state index contributed by atoms with van der Waals surface area (Å²) < 4.78 is 27.7. The summed E-state index contributed by atoms with van der Waals surface area (Å²) >= 11 is 0. The van der Waals surface area contributed by atoms with Crippen molar-refractivity contribution in [3.63, 3.8) is 0 Å². The highest BCUT2D eigenvalue weighted by Crippen LogP contribution is 2.55. The lowest BCUT2D eigenvalue weighted by Gasteiger charge is -2.23. The first kappa shape index (κ1) is 17.4. The lowest BCUT2D eigenvalue weighted by atomic mass is 10.2. The van der Waals surface area contributed by atoms with Crippen LogP contribution in [0, 0.1) is 0 Å². The van der Waals surface area contributed by atoms with Crippen molar-refractivity contribution < 1.29 is 23.1 Å². The number of allylic oxidation sites excluding steroid dienone is 1. The van der Waals surface area contributed by atoms with E-state index in [1.165, 1.54) is 6.08 Å². The van der Waals surface area contributed by atoms with E-state index in [4.69, 9.17) is 13.8 Å². The van der Waals surface area contributed by atoms with E-state index in [0.717, 1.165) is 0 Å². The Morgan fingerprint density at radius 1 is 1.17 bits per heavy atom. The minimum absolute atomic E-state index is 0.300. The molecule has 0 spiro atoms. The predicted molar refractivity (Wildman–Crippen MR) is 70.7 cm³/mol. The van der Waals surface area contributed by atoms with E-state index in [-0.39, 0.29) is 0 Å². The van der Waals surface area contributed by atoms with Gasteiger partial charge in [-0.1, -0.05) is 5.57 Å². The molecule has 0 aromatic heterocycles. The van der Waals surface area contributed by atoms with Gasteiger partial charge >= 0.3 is 13.6 Å². The second-order valence-electron chi connectivity index (χ2n) is 3.69. The van der Waals surface area contributed by atoms with E-state index in [2.05, 4.69) is 0 Å². The molecule has 0 aliphatic carbocycles. The van der Waals surface area contributed by atoms with Crippen molar-refractivity contribution in [1.29, 1.82) is 0 Å². The molecule has 0 bridgehead atoms.